The van der Waals surface area contributed by atoms with Gasteiger partial charge in [0.1, 0.15) is 17.2 Å². The van der Waals surface area contributed by atoms with Crippen LogP contribution in [0.4, 0.5) is 0 Å². The van der Waals surface area contributed by atoms with Crippen LogP contribution in [0.3, 0.4) is 0 Å². The van der Waals surface area contributed by atoms with Crippen LogP contribution in [0.2, 0.25) is 0 Å². The lowest BCUT2D eigenvalue weighted by Crippen LogP contribution is -1.97. The number of aromatic nitrogens is 1. The van der Waals surface area contributed by atoms with Crippen LogP contribution >= 0.6 is 27.3 Å². The van der Waals surface area contributed by atoms with E-state index in [4.69, 9.17) is 9.84 Å². The van der Waals surface area contributed by atoms with Crippen molar-refractivity contribution in [2.45, 2.75) is 6.61 Å². The summed E-state index contributed by atoms with van der Waals surface area (Å²) in [4.78, 5) is 15.1. The number of ether oxygens (including phenoxy) is 1. The monoisotopic (exact) mass is 313 g/mol. The van der Waals surface area contributed by atoms with Gasteiger partial charge >= 0.3 is 5.97 Å². The van der Waals surface area contributed by atoms with Gasteiger partial charge in [-0.1, -0.05) is 0 Å². The Kier molecular flexibility index (Phi) is 3.75. The standard InChI is InChI=1S/C11H8BrNO3S/c12-7-1-2-8(13-4-7)5-16-9-3-10(11(14)15)17-6-9/h1-4,6H,5H2,(H,14,15). The van der Waals surface area contributed by atoms with E-state index in [1.165, 1.54) is 6.07 Å². The first-order chi connectivity index (χ1) is 8.15. The molecule has 0 amide bonds. The minimum Gasteiger partial charge on any atom is -0.486 e. The van der Waals surface area contributed by atoms with Crippen molar-refractivity contribution in [1.29, 1.82) is 0 Å². The normalized spacial score (nSPS) is 10.2. The lowest BCUT2D eigenvalue weighted by Gasteiger charge is -2.02. The topological polar surface area (TPSA) is 59.4 Å². The number of thiophene rings is 1. The lowest BCUT2D eigenvalue weighted by molar-refractivity contribution is 0.0702. The fraction of sp³-hybridized carbons (Fsp3) is 0.0909. The van der Waals surface area contributed by atoms with Gasteiger partial charge in [0.15, 0.2) is 0 Å². The van der Waals surface area contributed by atoms with Crippen LogP contribution in [-0.2, 0) is 6.61 Å². The Morgan fingerprint density at radius 3 is 2.94 bits per heavy atom. The minimum absolute atomic E-state index is 0.267. The van der Waals surface area contributed by atoms with Crippen molar-refractivity contribution in [2.24, 2.45) is 0 Å². The maximum Gasteiger partial charge on any atom is 0.346 e. The molecule has 0 aliphatic carbocycles. The largest absolute Gasteiger partial charge is 0.486 e. The molecule has 1 N–H and O–H groups in total. The van der Waals surface area contributed by atoms with Crippen LogP contribution in [-0.4, -0.2) is 16.1 Å². The van der Waals surface area contributed by atoms with Crippen molar-refractivity contribution in [2.75, 3.05) is 0 Å². The van der Waals surface area contributed by atoms with E-state index < -0.39 is 5.97 Å². The summed E-state index contributed by atoms with van der Waals surface area (Å²) in [7, 11) is 0. The van der Waals surface area contributed by atoms with Gasteiger partial charge in [0.25, 0.3) is 0 Å². The number of aromatic carboxylic acids is 1. The summed E-state index contributed by atoms with van der Waals surface area (Å²) in [6.07, 6.45) is 1.69. The molecule has 0 saturated carbocycles. The van der Waals surface area contributed by atoms with Gasteiger partial charge in [0, 0.05) is 22.1 Å². The van der Waals surface area contributed by atoms with Crippen LogP contribution in [0.25, 0.3) is 0 Å². The van der Waals surface area contributed by atoms with Gasteiger partial charge in [-0.15, -0.1) is 11.3 Å². The van der Waals surface area contributed by atoms with Crippen LogP contribution in [0.1, 0.15) is 15.4 Å². The molecule has 0 aliphatic rings. The van der Waals surface area contributed by atoms with E-state index in [2.05, 4.69) is 20.9 Å². The van der Waals surface area contributed by atoms with Crippen molar-refractivity contribution in [3.63, 3.8) is 0 Å². The van der Waals surface area contributed by atoms with Crippen molar-refractivity contribution < 1.29 is 14.6 Å². The summed E-state index contributed by atoms with van der Waals surface area (Å²) in [5, 5.41) is 10.4. The highest BCUT2D eigenvalue weighted by Gasteiger charge is 2.07. The minimum atomic E-state index is -0.938. The molecule has 0 spiro atoms. The van der Waals surface area contributed by atoms with Crippen LogP contribution in [0, 0.1) is 0 Å². The number of halogens is 1. The Morgan fingerprint density at radius 1 is 1.53 bits per heavy atom. The average Bonchev–Trinajstić information content (AvgIpc) is 2.77. The molecule has 2 aromatic heterocycles. The van der Waals surface area contributed by atoms with Gasteiger partial charge in [-0.2, -0.15) is 0 Å². The molecule has 0 atom stereocenters. The number of carboxylic acid groups (broad SMARTS) is 1. The number of rotatable bonds is 4. The molecule has 88 valence electrons. The zero-order valence-corrected chi connectivity index (χ0v) is 11.0. The number of carbonyl (C=O) groups is 1. The summed E-state index contributed by atoms with van der Waals surface area (Å²) >= 11 is 4.44. The zero-order chi connectivity index (χ0) is 12.3. The van der Waals surface area contributed by atoms with Gasteiger partial charge in [-0.25, -0.2) is 4.79 Å². The summed E-state index contributed by atoms with van der Waals surface area (Å²) in [6.45, 7) is 0.322. The fourth-order valence-electron chi connectivity index (χ4n) is 1.16. The zero-order valence-electron chi connectivity index (χ0n) is 8.59. The molecule has 0 aromatic carbocycles. The Labute approximate surface area is 110 Å². The first-order valence-electron chi connectivity index (χ1n) is 4.70. The molecular weight excluding hydrogens is 306 g/mol. The number of nitrogens with zero attached hydrogens (tertiary/aromatic N) is 1. The van der Waals surface area contributed by atoms with E-state index in [1.807, 2.05) is 12.1 Å². The maximum atomic E-state index is 10.7. The quantitative estimate of drug-likeness (QED) is 0.941. The highest BCUT2D eigenvalue weighted by Crippen LogP contribution is 2.22. The van der Waals surface area contributed by atoms with Gasteiger partial charge in [-0.3, -0.25) is 4.98 Å². The van der Waals surface area contributed by atoms with E-state index in [-0.39, 0.29) is 4.88 Å². The molecule has 0 saturated heterocycles. The van der Waals surface area contributed by atoms with E-state index in [1.54, 1.807) is 11.6 Å². The Hall–Kier alpha value is -1.40. The molecule has 0 fully saturated rings. The smallest absolute Gasteiger partial charge is 0.346 e. The molecule has 2 rings (SSSR count). The van der Waals surface area contributed by atoms with Crippen LogP contribution < -0.4 is 4.74 Å². The third-order valence-electron chi connectivity index (χ3n) is 1.96. The van der Waals surface area contributed by atoms with E-state index in [9.17, 15) is 4.79 Å². The molecule has 0 aliphatic heterocycles. The Bertz CT molecular complexity index is 524. The predicted molar refractivity (Wildman–Crippen MR) is 67.5 cm³/mol. The molecule has 0 radical (unpaired) electrons. The second-order valence-electron chi connectivity index (χ2n) is 3.21. The number of hydrogen-bond donors (Lipinski definition) is 1. The van der Waals surface area contributed by atoms with Crippen molar-refractivity contribution >= 4 is 33.2 Å². The summed E-state index contributed by atoms with van der Waals surface area (Å²) in [5.74, 6) is -0.385. The molecule has 17 heavy (non-hydrogen) atoms. The third-order valence-corrected chi connectivity index (χ3v) is 3.33. The molecule has 0 bridgehead atoms. The van der Waals surface area contributed by atoms with Gasteiger partial charge in [0.05, 0.1) is 5.69 Å². The number of carboxylic acids is 1. The van der Waals surface area contributed by atoms with Crippen molar-refractivity contribution in [1.82, 2.24) is 4.98 Å². The van der Waals surface area contributed by atoms with Crippen LogP contribution in [0.5, 0.6) is 5.75 Å². The number of pyridine rings is 1. The molecule has 6 heteroatoms. The van der Waals surface area contributed by atoms with Gasteiger partial charge < -0.3 is 9.84 Å². The van der Waals surface area contributed by atoms with Crippen molar-refractivity contribution in [3.8, 4) is 5.75 Å². The Balaban J connectivity index is 1.97. The highest BCUT2D eigenvalue weighted by molar-refractivity contribution is 9.10. The van der Waals surface area contributed by atoms with Gasteiger partial charge in [0.2, 0.25) is 0 Å². The van der Waals surface area contributed by atoms with Crippen molar-refractivity contribution in [3.05, 3.63) is 44.8 Å². The van der Waals surface area contributed by atoms with Crippen LogP contribution in [0.15, 0.2) is 34.2 Å². The first kappa shape index (κ1) is 12.1. The van der Waals surface area contributed by atoms with Gasteiger partial charge in [-0.05, 0) is 28.1 Å². The summed E-state index contributed by atoms with van der Waals surface area (Å²) in [6, 6.07) is 5.22. The molecular formula is C11H8BrNO3S. The predicted octanol–water partition coefficient (Wildman–Crippen LogP) is 3.18. The summed E-state index contributed by atoms with van der Waals surface area (Å²) < 4.78 is 6.34. The number of hydrogen-bond acceptors (Lipinski definition) is 4. The second-order valence-corrected chi connectivity index (χ2v) is 5.04. The fourth-order valence-corrected chi connectivity index (χ4v) is 2.05. The molecule has 2 aromatic rings. The maximum absolute atomic E-state index is 10.7. The highest BCUT2D eigenvalue weighted by atomic mass is 79.9. The summed E-state index contributed by atoms with van der Waals surface area (Å²) in [5.41, 5.74) is 0.788. The third kappa shape index (κ3) is 3.28. The molecule has 2 heterocycles. The average molecular weight is 314 g/mol. The van der Waals surface area contributed by atoms with E-state index in [0.29, 0.717) is 12.4 Å². The van der Waals surface area contributed by atoms with E-state index >= 15 is 0 Å². The first-order valence-corrected chi connectivity index (χ1v) is 6.37. The SMILES string of the molecule is O=C(O)c1cc(OCc2ccc(Br)cn2)cs1. The van der Waals surface area contributed by atoms with E-state index in [0.717, 1.165) is 21.5 Å². The molecule has 4 nitrogen and oxygen atoms in total. The molecule has 0 unspecified atom stereocenters. The lowest BCUT2D eigenvalue weighted by atomic mass is 10.4. The Morgan fingerprint density at radius 2 is 2.35 bits per heavy atom. The second kappa shape index (κ2) is 5.29.